The Morgan fingerprint density at radius 2 is 1.32 bits per heavy atom. The van der Waals surface area contributed by atoms with Crippen LogP contribution in [0.1, 0.15) is 37.5 Å². The number of amides is 2. The molecule has 2 heterocycles. The third kappa shape index (κ3) is 13.8. The number of nitrogens with one attached hydrogen (secondary N) is 3. The number of methoxy groups -OCH3 is 3. The summed E-state index contributed by atoms with van der Waals surface area (Å²) in [6.07, 6.45) is -6.26. The molecule has 4 aromatic carbocycles. The van der Waals surface area contributed by atoms with Gasteiger partial charge in [-0.2, -0.15) is 22.3 Å². The van der Waals surface area contributed by atoms with Crippen LogP contribution in [-0.4, -0.2) is 116 Å². The Kier molecular flexibility index (Phi) is 16.7. The number of carbonyl (C=O) groups is 2. The van der Waals surface area contributed by atoms with Crippen LogP contribution in [0.3, 0.4) is 0 Å². The molecule has 378 valence electrons. The molecule has 25 heteroatoms. The van der Waals surface area contributed by atoms with Crippen molar-refractivity contribution >= 4 is 37.9 Å². The van der Waals surface area contributed by atoms with Gasteiger partial charge in [-0.25, -0.2) is 31.3 Å². The molecule has 20 nitrogen and oxygen atoms in total. The van der Waals surface area contributed by atoms with Crippen LogP contribution in [0.4, 0.5) is 23.8 Å². The van der Waals surface area contributed by atoms with E-state index in [1.807, 2.05) is 0 Å². The Morgan fingerprint density at radius 3 is 1.83 bits per heavy atom. The van der Waals surface area contributed by atoms with Crippen LogP contribution < -0.4 is 29.6 Å². The molecule has 6 rings (SSSR count). The maximum atomic E-state index is 16.0. The highest BCUT2D eigenvalue weighted by molar-refractivity contribution is 7.92. The van der Waals surface area contributed by atoms with Crippen LogP contribution in [0.25, 0.3) is 22.6 Å². The van der Waals surface area contributed by atoms with Crippen molar-refractivity contribution < 1.29 is 63.6 Å². The van der Waals surface area contributed by atoms with E-state index in [0.29, 0.717) is 33.9 Å². The lowest BCUT2D eigenvalue weighted by Crippen LogP contribution is -2.47. The Morgan fingerprint density at radius 1 is 0.775 bits per heavy atom. The Hall–Kier alpha value is -7.19. The van der Waals surface area contributed by atoms with E-state index in [1.165, 1.54) is 33.5 Å². The first kappa shape index (κ1) is 53.2. The number of ether oxygens (including phenoxy) is 4. The number of tetrazole rings is 1. The monoisotopic (exact) mass is 1030 g/mol. The molecule has 0 spiro atoms. The predicted molar refractivity (Wildman–Crippen MR) is 251 cm³/mol. The molecular weight excluding hydrogens is 976 g/mol. The van der Waals surface area contributed by atoms with Crippen LogP contribution in [0.15, 0.2) is 113 Å². The number of aliphatic hydroxyl groups is 1. The van der Waals surface area contributed by atoms with Crippen LogP contribution in [0, 0.1) is 0 Å². The number of pyridine rings is 1. The number of anilines is 1. The summed E-state index contributed by atoms with van der Waals surface area (Å²) in [5.41, 5.74) is -0.461. The number of nitrogens with zero attached hydrogens (tertiary/aromatic N) is 6. The number of aromatic nitrogens is 5. The summed E-state index contributed by atoms with van der Waals surface area (Å²) >= 11 is 0. The standard InChI is InChI=1S/C46H50F3N9O11S2/c1-45(2,3)69-44(61)50-24-32(28-59)55-70(62,63)38-23-22-36(37-8-7-9-39(51-37)52-43(60)46(47,48)49)40(42-53-56-58(54-42)27-31-14-20-35(68-6)21-15-31)41(38)71(64,65)57(25-29-10-16-33(66-4)17-11-29)26-30-12-18-34(67-5)19-13-30/h7-23,32,55,59H,24-28H2,1-6H3,(H,50,61)(H,51,52,60)/t32-/m1/s1. The highest BCUT2D eigenvalue weighted by Crippen LogP contribution is 2.41. The largest absolute Gasteiger partial charge is 0.497 e. The highest BCUT2D eigenvalue weighted by atomic mass is 32.2. The second-order valence-corrected chi connectivity index (χ2v) is 20.1. The first-order chi connectivity index (χ1) is 33.5. The zero-order valence-electron chi connectivity index (χ0n) is 39.1. The lowest BCUT2D eigenvalue weighted by Gasteiger charge is -2.27. The molecule has 71 heavy (non-hydrogen) atoms. The van der Waals surface area contributed by atoms with E-state index in [4.69, 9.17) is 18.9 Å². The van der Waals surface area contributed by atoms with E-state index in [-0.39, 0.29) is 30.9 Å². The third-order valence-corrected chi connectivity index (χ3v) is 13.7. The molecule has 2 aromatic heterocycles. The first-order valence-electron chi connectivity index (χ1n) is 21.3. The molecule has 0 aliphatic carbocycles. The molecule has 0 aliphatic heterocycles. The van der Waals surface area contributed by atoms with Gasteiger partial charge < -0.3 is 34.7 Å². The average molecular weight is 1030 g/mol. The summed E-state index contributed by atoms with van der Waals surface area (Å²) in [7, 11) is -5.96. The van der Waals surface area contributed by atoms with Gasteiger partial charge in [-0.05, 0) is 97.3 Å². The van der Waals surface area contributed by atoms with E-state index in [0.717, 1.165) is 27.3 Å². The maximum absolute atomic E-state index is 16.0. The van der Waals surface area contributed by atoms with Crippen molar-refractivity contribution in [1.82, 2.24) is 39.5 Å². The quantitative estimate of drug-likeness (QED) is 0.0733. The molecule has 0 radical (unpaired) electrons. The van der Waals surface area contributed by atoms with Gasteiger partial charge in [-0.1, -0.05) is 48.5 Å². The van der Waals surface area contributed by atoms with Gasteiger partial charge in [-0.3, -0.25) is 4.79 Å². The number of rotatable bonds is 20. The molecule has 0 bridgehead atoms. The lowest BCUT2D eigenvalue weighted by molar-refractivity contribution is -0.167. The summed E-state index contributed by atoms with van der Waals surface area (Å²) in [6, 6.07) is 23.7. The Balaban J connectivity index is 1.63. The minimum atomic E-state index is -5.31. The van der Waals surface area contributed by atoms with Gasteiger partial charge in [0.25, 0.3) is 0 Å². The normalized spacial score (nSPS) is 12.5. The van der Waals surface area contributed by atoms with Gasteiger partial charge in [0, 0.05) is 25.2 Å². The topological polar surface area (TPSA) is 255 Å². The zero-order valence-corrected chi connectivity index (χ0v) is 40.7. The van der Waals surface area contributed by atoms with Gasteiger partial charge in [0.2, 0.25) is 25.9 Å². The Bertz CT molecular complexity index is 3000. The van der Waals surface area contributed by atoms with Crippen LogP contribution in [-0.2, 0) is 49.2 Å². The smallest absolute Gasteiger partial charge is 0.471 e. The van der Waals surface area contributed by atoms with E-state index in [9.17, 15) is 36.3 Å². The summed E-state index contributed by atoms with van der Waals surface area (Å²) in [4.78, 5) is 28.1. The van der Waals surface area contributed by atoms with Gasteiger partial charge in [-0.15, -0.1) is 10.2 Å². The van der Waals surface area contributed by atoms with Crippen molar-refractivity contribution in [2.24, 2.45) is 0 Å². The molecule has 0 fully saturated rings. The van der Waals surface area contributed by atoms with Crippen LogP contribution in [0.5, 0.6) is 17.2 Å². The second-order valence-electron chi connectivity index (χ2n) is 16.5. The Labute approximate surface area is 407 Å². The highest BCUT2D eigenvalue weighted by Gasteiger charge is 2.40. The fraction of sp³-hybridized carbons (Fsp3) is 0.304. The number of aliphatic hydroxyl groups excluding tert-OH is 1. The number of halogens is 3. The third-order valence-electron chi connectivity index (χ3n) is 10.2. The number of carbonyl (C=O) groups excluding carboxylic acids is 2. The number of alkyl carbamates (subject to hydrolysis) is 1. The fourth-order valence-corrected chi connectivity index (χ4v) is 10.4. The number of benzene rings is 4. The predicted octanol–water partition coefficient (Wildman–Crippen LogP) is 5.53. The molecule has 0 saturated heterocycles. The van der Waals surface area contributed by atoms with Crippen molar-refractivity contribution in [2.75, 3.05) is 39.8 Å². The summed E-state index contributed by atoms with van der Waals surface area (Å²) < 4.78 is 127. The van der Waals surface area contributed by atoms with Crippen molar-refractivity contribution in [2.45, 2.75) is 68.0 Å². The lowest BCUT2D eigenvalue weighted by atomic mass is 10.0. The van der Waals surface area contributed by atoms with Gasteiger partial charge in [0.05, 0.1) is 51.8 Å². The number of hydrogen-bond acceptors (Lipinski definition) is 15. The molecule has 4 N–H and O–H groups in total. The summed E-state index contributed by atoms with van der Waals surface area (Å²) in [5.74, 6) is -1.97. The molecule has 1 atom stereocenters. The van der Waals surface area contributed by atoms with Gasteiger partial charge in [0.1, 0.15) is 38.5 Å². The molecule has 0 saturated carbocycles. The second kappa shape index (κ2) is 22.3. The average Bonchev–Trinajstić information content (AvgIpc) is 3.80. The van der Waals surface area contributed by atoms with Crippen LogP contribution >= 0.6 is 0 Å². The van der Waals surface area contributed by atoms with Gasteiger partial charge >= 0.3 is 18.2 Å². The number of hydrogen-bond donors (Lipinski definition) is 4. The fourth-order valence-electron chi connectivity index (χ4n) is 6.78. The van der Waals surface area contributed by atoms with Crippen molar-refractivity contribution in [3.05, 3.63) is 120 Å². The summed E-state index contributed by atoms with van der Waals surface area (Å²) in [6.45, 7) is 2.56. The number of sulfonamides is 2. The maximum Gasteiger partial charge on any atom is 0.471 e. The number of alkyl halides is 3. The SMILES string of the molecule is COc1ccc(CN(Cc2ccc(OC)cc2)S(=O)(=O)c2c(S(=O)(=O)N[C@@H](CO)CNC(=O)OC(C)(C)C)ccc(-c3cccc(NC(=O)C(F)(F)F)n3)c2-c2nnn(Cc3ccc(OC)cc3)n2)cc1. The van der Waals surface area contributed by atoms with E-state index >= 15 is 8.42 Å². The summed E-state index contributed by atoms with van der Waals surface area (Å²) in [5, 5.41) is 27.4. The van der Waals surface area contributed by atoms with E-state index in [2.05, 4.69) is 30.4 Å². The molecular formula is C46H50F3N9O11S2. The van der Waals surface area contributed by atoms with Crippen molar-refractivity contribution in [1.29, 1.82) is 0 Å². The van der Waals surface area contributed by atoms with E-state index in [1.54, 1.807) is 98.9 Å². The van der Waals surface area contributed by atoms with E-state index < -0.39 is 90.0 Å². The molecule has 2 amide bonds. The first-order valence-corrected chi connectivity index (χ1v) is 24.3. The minimum absolute atomic E-state index is 0.0466. The zero-order chi connectivity index (χ0) is 51.7. The molecule has 6 aromatic rings. The van der Waals surface area contributed by atoms with Crippen molar-refractivity contribution in [3.63, 3.8) is 0 Å². The van der Waals surface area contributed by atoms with Crippen molar-refractivity contribution in [3.8, 4) is 39.9 Å². The van der Waals surface area contributed by atoms with Crippen LogP contribution in [0.2, 0.25) is 0 Å². The minimum Gasteiger partial charge on any atom is -0.497 e. The molecule has 0 aliphatic rings. The van der Waals surface area contributed by atoms with Gasteiger partial charge in [0.15, 0.2) is 0 Å². The molecule has 0 unspecified atom stereocenters.